The Hall–Kier alpha value is -5.74. The van der Waals surface area contributed by atoms with Gasteiger partial charge in [-0.1, -0.05) is 135 Å². The molecule has 3 aromatic heterocycles. The highest BCUT2D eigenvalue weighted by molar-refractivity contribution is 6.09. The van der Waals surface area contributed by atoms with Gasteiger partial charge in [-0.3, -0.25) is 4.98 Å². The number of nitrogens with zero attached hydrogens (tertiary/aromatic N) is 4. The zero-order valence-corrected chi connectivity index (χ0v) is 33.6. The van der Waals surface area contributed by atoms with Crippen molar-refractivity contribution in [2.45, 2.75) is 84.0 Å². The lowest BCUT2D eigenvalue weighted by Gasteiger charge is -2.34. The lowest BCUT2D eigenvalue weighted by atomic mass is 9.68. The zero-order chi connectivity index (χ0) is 38.5. The van der Waals surface area contributed by atoms with Crippen molar-refractivity contribution < 1.29 is 0 Å². The second-order valence-electron chi connectivity index (χ2n) is 18.5. The summed E-state index contributed by atoms with van der Waals surface area (Å²) in [4.78, 5) is 5.34. The number of benzene rings is 5. The highest BCUT2D eigenvalue weighted by Crippen LogP contribution is 2.57. The predicted octanol–water partition coefficient (Wildman–Crippen LogP) is 12.6. The minimum absolute atomic E-state index is 0.00203. The SMILES string of the molecule is CC(C)(C)c1ccnc(C2(c3cccc(-n4c5ccccc5c5ccc(-n6cccn6)cc54)c3)c3ccc(C(C)(C)C)cc3-c3cc(C(C)(C)C)ccc32)c1. The van der Waals surface area contributed by atoms with Crippen LogP contribution in [0.3, 0.4) is 0 Å². The number of pyridine rings is 1. The topological polar surface area (TPSA) is 35.6 Å². The van der Waals surface area contributed by atoms with Crippen LogP contribution in [0.4, 0.5) is 0 Å². The van der Waals surface area contributed by atoms with Gasteiger partial charge in [-0.05, 0) is 109 Å². The van der Waals surface area contributed by atoms with E-state index in [0.29, 0.717) is 0 Å². The molecular weight excluding hydrogens is 669 g/mol. The Kier molecular flexibility index (Phi) is 7.72. The molecule has 0 unspecified atom stereocenters. The Balaban J connectivity index is 1.38. The molecule has 0 bridgehead atoms. The van der Waals surface area contributed by atoms with Gasteiger partial charge in [0, 0.05) is 35.1 Å². The third-order valence-electron chi connectivity index (χ3n) is 11.8. The molecule has 1 aliphatic rings. The van der Waals surface area contributed by atoms with E-state index in [0.717, 1.165) is 22.6 Å². The van der Waals surface area contributed by atoms with Gasteiger partial charge in [0.05, 0.1) is 27.8 Å². The molecule has 274 valence electrons. The molecule has 0 fully saturated rings. The van der Waals surface area contributed by atoms with E-state index in [-0.39, 0.29) is 16.2 Å². The molecule has 0 spiro atoms. The van der Waals surface area contributed by atoms with E-state index in [1.165, 1.54) is 60.8 Å². The molecule has 0 saturated heterocycles. The monoisotopic (exact) mass is 718 g/mol. The van der Waals surface area contributed by atoms with Crippen LogP contribution in [0.1, 0.15) is 101 Å². The summed E-state index contributed by atoms with van der Waals surface area (Å²) >= 11 is 0. The van der Waals surface area contributed by atoms with Crippen LogP contribution in [-0.4, -0.2) is 19.3 Å². The summed E-state index contributed by atoms with van der Waals surface area (Å²) in [7, 11) is 0. The molecule has 4 heteroatoms. The first-order valence-corrected chi connectivity index (χ1v) is 19.6. The molecule has 8 aromatic rings. The van der Waals surface area contributed by atoms with Crippen molar-refractivity contribution in [3.63, 3.8) is 0 Å². The maximum atomic E-state index is 5.34. The summed E-state index contributed by atoms with van der Waals surface area (Å²) in [6, 6.07) is 45.6. The minimum Gasteiger partial charge on any atom is -0.309 e. The first kappa shape index (κ1) is 35.0. The molecule has 0 aliphatic heterocycles. The Labute approximate surface area is 325 Å². The largest absolute Gasteiger partial charge is 0.309 e. The summed E-state index contributed by atoms with van der Waals surface area (Å²) in [5.41, 5.74) is 15.1. The summed E-state index contributed by atoms with van der Waals surface area (Å²) in [5.74, 6) is 0. The summed E-state index contributed by atoms with van der Waals surface area (Å²) in [5, 5.41) is 7.01. The van der Waals surface area contributed by atoms with Gasteiger partial charge >= 0.3 is 0 Å². The van der Waals surface area contributed by atoms with E-state index in [2.05, 4.69) is 187 Å². The van der Waals surface area contributed by atoms with Gasteiger partial charge in [0.1, 0.15) is 0 Å². The first-order valence-electron chi connectivity index (χ1n) is 19.6. The smallest absolute Gasteiger partial charge is 0.0886 e. The maximum absolute atomic E-state index is 5.34. The van der Waals surface area contributed by atoms with Crippen molar-refractivity contribution >= 4 is 21.8 Å². The second-order valence-corrected chi connectivity index (χ2v) is 18.5. The van der Waals surface area contributed by atoms with E-state index < -0.39 is 5.41 Å². The van der Waals surface area contributed by atoms with Crippen LogP contribution in [0.5, 0.6) is 0 Å². The second kappa shape index (κ2) is 12.1. The fraction of sp³-hybridized carbons (Fsp3) is 0.255. The Morgan fingerprint density at radius 1 is 0.491 bits per heavy atom. The molecule has 0 amide bonds. The van der Waals surface area contributed by atoms with Crippen molar-refractivity contribution in [1.82, 2.24) is 19.3 Å². The van der Waals surface area contributed by atoms with Gasteiger partial charge in [0.15, 0.2) is 0 Å². The average molecular weight is 719 g/mol. The van der Waals surface area contributed by atoms with Gasteiger partial charge in [-0.2, -0.15) is 5.10 Å². The molecule has 9 rings (SSSR count). The third-order valence-corrected chi connectivity index (χ3v) is 11.8. The molecule has 4 nitrogen and oxygen atoms in total. The Bertz CT molecular complexity index is 2690. The molecule has 55 heavy (non-hydrogen) atoms. The Morgan fingerprint density at radius 3 is 1.76 bits per heavy atom. The number of aromatic nitrogens is 4. The number of hydrogen-bond acceptors (Lipinski definition) is 2. The number of hydrogen-bond donors (Lipinski definition) is 0. The van der Waals surface area contributed by atoms with Crippen LogP contribution >= 0.6 is 0 Å². The van der Waals surface area contributed by atoms with Crippen LogP contribution in [0, 0.1) is 0 Å². The molecule has 1 aliphatic carbocycles. The van der Waals surface area contributed by atoms with Crippen molar-refractivity contribution in [1.29, 1.82) is 0 Å². The first-order chi connectivity index (χ1) is 26.2. The molecule has 0 atom stereocenters. The summed E-state index contributed by atoms with van der Waals surface area (Å²) in [6.45, 7) is 20.7. The maximum Gasteiger partial charge on any atom is 0.0886 e. The molecule has 0 saturated carbocycles. The Morgan fingerprint density at radius 2 is 1.13 bits per heavy atom. The molecule has 0 N–H and O–H groups in total. The predicted molar refractivity (Wildman–Crippen MR) is 229 cm³/mol. The molecule has 5 aromatic carbocycles. The summed E-state index contributed by atoms with van der Waals surface area (Å²) in [6.07, 6.45) is 5.86. The number of rotatable bonds is 4. The van der Waals surface area contributed by atoms with Gasteiger partial charge in [-0.25, -0.2) is 4.68 Å². The molecule has 3 heterocycles. The zero-order valence-electron chi connectivity index (χ0n) is 33.6. The third kappa shape index (κ3) is 5.48. The van der Waals surface area contributed by atoms with Crippen LogP contribution in [0.15, 0.2) is 140 Å². The van der Waals surface area contributed by atoms with E-state index in [4.69, 9.17) is 4.98 Å². The van der Waals surface area contributed by atoms with Crippen molar-refractivity contribution in [3.8, 4) is 22.5 Å². The van der Waals surface area contributed by atoms with Crippen molar-refractivity contribution in [2.24, 2.45) is 0 Å². The fourth-order valence-corrected chi connectivity index (χ4v) is 8.78. The highest BCUT2D eigenvalue weighted by atomic mass is 15.3. The lowest BCUT2D eigenvalue weighted by molar-refractivity contribution is 0.583. The van der Waals surface area contributed by atoms with Gasteiger partial charge < -0.3 is 4.57 Å². The normalized spacial score (nSPS) is 14.1. The van der Waals surface area contributed by atoms with E-state index >= 15 is 0 Å². The van der Waals surface area contributed by atoms with Crippen LogP contribution in [0.2, 0.25) is 0 Å². The van der Waals surface area contributed by atoms with Gasteiger partial charge in [0.2, 0.25) is 0 Å². The fourth-order valence-electron chi connectivity index (χ4n) is 8.78. The van der Waals surface area contributed by atoms with Gasteiger partial charge in [-0.15, -0.1) is 0 Å². The van der Waals surface area contributed by atoms with E-state index in [1.54, 1.807) is 0 Å². The highest BCUT2D eigenvalue weighted by Gasteiger charge is 2.48. The van der Waals surface area contributed by atoms with E-state index in [9.17, 15) is 0 Å². The van der Waals surface area contributed by atoms with Crippen molar-refractivity contribution in [2.75, 3.05) is 0 Å². The molecular formula is C51H50N4. The number of fused-ring (bicyclic) bond motifs is 6. The lowest BCUT2D eigenvalue weighted by Crippen LogP contribution is -2.31. The summed E-state index contributed by atoms with van der Waals surface area (Å²) < 4.78 is 4.36. The average Bonchev–Trinajstić information content (AvgIpc) is 3.88. The van der Waals surface area contributed by atoms with Crippen LogP contribution in [-0.2, 0) is 21.7 Å². The van der Waals surface area contributed by atoms with Gasteiger partial charge in [0.25, 0.3) is 0 Å². The van der Waals surface area contributed by atoms with Crippen LogP contribution in [0.25, 0.3) is 44.3 Å². The van der Waals surface area contributed by atoms with E-state index in [1.807, 2.05) is 29.3 Å². The van der Waals surface area contributed by atoms with Crippen LogP contribution < -0.4 is 0 Å². The standard InChI is InChI=1S/C51H50N4/c1-48(2,3)33-18-22-43-41(29-33)42-30-34(49(4,5)6)19-23-44(42)51(43,47-31-35(24-26-52-47)50(7,8)9)36-14-12-15-38(28-36)55-45-17-11-10-16-39(45)40-21-20-37(32-46(40)55)54-27-13-25-53-54/h10-32H,1-9H3. The quantitative estimate of drug-likeness (QED) is 0.182. The minimum atomic E-state index is -0.659. The molecule has 0 radical (unpaired) electrons. The van der Waals surface area contributed by atoms with Crippen molar-refractivity contribution in [3.05, 3.63) is 179 Å². The number of para-hydroxylation sites is 1.